The second kappa shape index (κ2) is 5.93. The van der Waals surface area contributed by atoms with Crippen molar-refractivity contribution in [1.29, 1.82) is 0 Å². The first kappa shape index (κ1) is 15.9. The van der Waals surface area contributed by atoms with E-state index < -0.39 is 17.5 Å². The molecule has 2 aliphatic heterocycles. The Kier molecular flexibility index (Phi) is 4.11. The fraction of sp³-hybridized carbons (Fsp3) is 0.533. The summed E-state index contributed by atoms with van der Waals surface area (Å²) >= 11 is 1.74. The average Bonchev–Trinajstić information content (AvgIpc) is 3.06. The number of fused-ring (bicyclic) bond motifs is 1. The van der Waals surface area contributed by atoms with Crippen LogP contribution in [0, 0.1) is 0 Å². The maximum Gasteiger partial charge on any atom is 0.344 e. The minimum atomic E-state index is -0.943. The lowest BCUT2D eigenvalue weighted by molar-refractivity contribution is -0.139. The van der Waals surface area contributed by atoms with Crippen LogP contribution in [0.2, 0.25) is 0 Å². The van der Waals surface area contributed by atoms with Gasteiger partial charge in [0, 0.05) is 18.0 Å². The molecule has 23 heavy (non-hydrogen) atoms. The molecule has 2 aliphatic rings. The zero-order valence-electron chi connectivity index (χ0n) is 13.2. The van der Waals surface area contributed by atoms with Crippen molar-refractivity contribution >= 4 is 29.2 Å². The second-order valence-corrected chi connectivity index (χ2v) is 7.12. The summed E-state index contributed by atoms with van der Waals surface area (Å²) in [6, 6.07) is 1.50. The number of imide groups is 1. The molecule has 0 aliphatic carbocycles. The summed E-state index contributed by atoms with van der Waals surface area (Å²) in [5, 5.41) is 5.47. The van der Waals surface area contributed by atoms with E-state index in [1.54, 1.807) is 18.3 Å². The molecule has 1 fully saturated rings. The summed E-state index contributed by atoms with van der Waals surface area (Å²) in [5.41, 5.74) is 2.74. The standard InChI is InChI=1S/C15H20N4O3S/c1-3-15(2)13(21)19(14(22)16-15)17-12(20)9-18-6-4-11-10(8-18)5-7-23-11/h5,7H,3-4,6,8-9H2,1-2H3,(H,16,22)(H,17,20). The van der Waals surface area contributed by atoms with E-state index in [9.17, 15) is 14.4 Å². The first-order valence-electron chi connectivity index (χ1n) is 7.67. The number of nitrogens with zero attached hydrogens (tertiary/aromatic N) is 2. The van der Waals surface area contributed by atoms with Gasteiger partial charge in [-0.05, 0) is 36.8 Å². The van der Waals surface area contributed by atoms with Gasteiger partial charge in [0.2, 0.25) is 0 Å². The Morgan fingerprint density at radius 1 is 1.48 bits per heavy atom. The Hall–Kier alpha value is -1.93. The van der Waals surface area contributed by atoms with Gasteiger partial charge in [-0.2, -0.15) is 5.01 Å². The molecular weight excluding hydrogens is 316 g/mol. The molecular formula is C15H20N4O3S. The van der Waals surface area contributed by atoms with Crippen molar-refractivity contribution in [1.82, 2.24) is 20.7 Å². The molecule has 3 heterocycles. The largest absolute Gasteiger partial charge is 0.344 e. The SMILES string of the molecule is CCC1(C)NC(=O)N(NC(=O)CN2CCc3sccc3C2)C1=O. The van der Waals surface area contributed by atoms with Crippen molar-refractivity contribution in [2.75, 3.05) is 13.1 Å². The van der Waals surface area contributed by atoms with E-state index in [0.717, 1.165) is 24.5 Å². The van der Waals surface area contributed by atoms with Crippen LogP contribution in [0.5, 0.6) is 0 Å². The molecule has 1 atom stereocenters. The second-order valence-electron chi connectivity index (χ2n) is 6.12. The van der Waals surface area contributed by atoms with Crippen LogP contribution in [0.3, 0.4) is 0 Å². The Balaban J connectivity index is 1.58. The predicted molar refractivity (Wildman–Crippen MR) is 85.5 cm³/mol. The Morgan fingerprint density at radius 2 is 2.26 bits per heavy atom. The van der Waals surface area contributed by atoms with E-state index in [1.165, 1.54) is 10.4 Å². The molecule has 1 unspecified atom stereocenters. The van der Waals surface area contributed by atoms with E-state index in [-0.39, 0.29) is 12.5 Å². The molecule has 1 aromatic heterocycles. The van der Waals surface area contributed by atoms with Crippen molar-refractivity contribution in [3.05, 3.63) is 21.9 Å². The number of hydrogen-bond donors (Lipinski definition) is 2. The zero-order chi connectivity index (χ0) is 16.6. The molecule has 1 aromatic rings. The molecule has 0 aromatic carbocycles. The molecule has 2 N–H and O–H groups in total. The third-order valence-electron chi connectivity index (χ3n) is 4.46. The fourth-order valence-corrected chi connectivity index (χ4v) is 3.72. The van der Waals surface area contributed by atoms with Gasteiger partial charge in [0.1, 0.15) is 5.54 Å². The van der Waals surface area contributed by atoms with Crippen molar-refractivity contribution in [3.63, 3.8) is 0 Å². The maximum absolute atomic E-state index is 12.2. The van der Waals surface area contributed by atoms with Gasteiger partial charge in [-0.1, -0.05) is 6.92 Å². The number of hydrogen-bond acceptors (Lipinski definition) is 5. The Morgan fingerprint density at radius 3 is 2.96 bits per heavy atom. The molecule has 0 saturated carbocycles. The van der Waals surface area contributed by atoms with E-state index in [0.29, 0.717) is 6.42 Å². The van der Waals surface area contributed by atoms with Crippen molar-refractivity contribution in [2.45, 2.75) is 38.8 Å². The molecule has 0 radical (unpaired) electrons. The monoisotopic (exact) mass is 336 g/mol. The number of thiophene rings is 1. The predicted octanol–water partition coefficient (Wildman–Crippen LogP) is 0.858. The number of urea groups is 1. The number of carbonyl (C=O) groups is 3. The molecule has 4 amide bonds. The number of carbonyl (C=O) groups excluding carboxylic acids is 3. The van der Waals surface area contributed by atoms with Crippen molar-refractivity contribution in [3.8, 4) is 0 Å². The maximum atomic E-state index is 12.2. The lowest BCUT2D eigenvalue weighted by atomic mass is 10.00. The topological polar surface area (TPSA) is 81.8 Å². The van der Waals surface area contributed by atoms with Gasteiger partial charge in [-0.15, -0.1) is 11.3 Å². The van der Waals surface area contributed by atoms with Crippen molar-refractivity contribution < 1.29 is 14.4 Å². The van der Waals surface area contributed by atoms with Crippen molar-refractivity contribution in [2.24, 2.45) is 0 Å². The molecule has 0 bridgehead atoms. The molecule has 8 heteroatoms. The van der Waals surface area contributed by atoms with Crippen LogP contribution in [-0.4, -0.2) is 46.4 Å². The van der Waals surface area contributed by atoms with Gasteiger partial charge in [0.05, 0.1) is 6.54 Å². The van der Waals surface area contributed by atoms with E-state index in [1.807, 2.05) is 11.8 Å². The molecule has 7 nitrogen and oxygen atoms in total. The van der Waals surface area contributed by atoms with E-state index >= 15 is 0 Å². The third-order valence-corrected chi connectivity index (χ3v) is 5.48. The molecule has 124 valence electrons. The third kappa shape index (κ3) is 2.96. The lowest BCUT2D eigenvalue weighted by Gasteiger charge is -2.27. The summed E-state index contributed by atoms with van der Waals surface area (Å²) in [5.74, 6) is -0.773. The van der Waals surface area contributed by atoms with Crippen LogP contribution in [-0.2, 0) is 22.6 Å². The quantitative estimate of drug-likeness (QED) is 0.799. The van der Waals surface area contributed by atoms with Gasteiger partial charge in [-0.3, -0.25) is 19.9 Å². The van der Waals surface area contributed by atoms with Gasteiger partial charge in [0.25, 0.3) is 11.8 Å². The summed E-state index contributed by atoms with van der Waals surface area (Å²) in [7, 11) is 0. The Labute approximate surface area is 138 Å². The highest BCUT2D eigenvalue weighted by molar-refractivity contribution is 7.10. The summed E-state index contributed by atoms with van der Waals surface area (Å²) in [4.78, 5) is 39.7. The smallest absolute Gasteiger partial charge is 0.322 e. The first-order chi connectivity index (χ1) is 10.9. The first-order valence-corrected chi connectivity index (χ1v) is 8.54. The fourth-order valence-electron chi connectivity index (χ4n) is 2.83. The molecule has 3 rings (SSSR count). The number of hydrazine groups is 1. The van der Waals surface area contributed by atoms with E-state index in [2.05, 4.69) is 22.2 Å². The minimum Gasteiger partial charge on any atom is -0.322 e. The highest BCUT2D eigenvalue weighted by Gasteiger charge is 2.47. The van der Waals surface area contributed by atoms with Gasteiger partial charge >= 0.3 is 6.03 Å². The van der Waals surface area contributed by atoms with Gasteiger partial charge in [-0.25, -0.2) is 4.79 Å². The van der Waals surface area contributed by atoms with E-state index in [4.69, 9.17) is 0 Å². The summed E-state index contributed by atoms with van der Waals surface area (Å²) in [6.07, 6.45) is 1.40. The zero-order valence-corrected chi connectivity index (χ0v) is 14.0. The summed E-state index contributed by atoms with van der Waals surface area (Å²) in [6.45, 7) is 5.15. The van der Waals surface area contributed by atoms with Crippen LogP contribution in [0.15, 0.2) is 11.4 Å². The molecule has 0 spiro atoms. The van der Waals surface area contributed by atoms with Gasteiger partial charge in [0.15, 0.2) is 0 Å². The average molecular weight is 336 g/mol. The Bertz CT molecular complexity index is 659. The normalized spacial score (nSPS) is 24.5. The van der Waals surface area contributed by atoms with Gasteiger partial charge < -0.3 is 5.32 Å². The van der Waals surface area contributed by atoms with Crippen LogP contribution in [0.1, 0.15) is 30.7 Å². The highest BCUT2D eigenvalue weighted by atomic mass is 32.1. The molecule has 1 saturated heterocycles. The number of rotatable bonds is 4. The summed E-state index contributed by atoms with van der Waals surface area (Å²) < 4.78 is 0. The van der Waals surface area contributed by atoms with Crippen LogP contribution >= 0.6 is 11.3 Å². The van der Waals surface area contributed by atoms with Crippen LogP contribution in [0.25, 0.3) is 0 Å². The van der Waals surface area contributed by atoms with Crippen LogP contribution in [0.4, 0.5) is 4.79 Å². The minimum absolute atomic E-state index is 0.162. The van der Waals surface area contributed by atoms with Crippen LogP contribution < -0.4 is 10.7 Å². The number of amides is 4. The lowest BCUT2D eigenvalue weighted by Crippen LogP contribution is -2.51. The number of nitrogens with one attached hydrogen (secondary N) is 2. The highest BCUT2D eigenvalue weighted by Crippen LogP contribution is 2.24.